The van der Waals surface area contributed by atoms with Gasteiger partial charge in [0.1, 0.15) is 16.8 Å². The first-order valence-electron chi connectivity index (χ1n) is 10.5. The van der Waals surface area contributed by atoms with Crippen LogP contribution in [0.2, 0.25) is 0 Å². The topological polar surface area (TPSA) is 92.6 Å². The third-order valence-electron chi connectivity index (χ3n) is 5.49. The highest BCUT2D eigenvalue weighted by molar-refractivity contribution is 7.00. The van der Waals surface area contributed by atoms with Gasteiger partial charge in [0.25, 0.3) is 0 Å². The number of hydrogen-bond donors (Lipinski definition) is 1. The maximum absolute atomic E-state index is 13.7. The third kappa shape index (κ3) is 4.82. The number of nitrogens with zero attached hydrogens (tertiary/aromatic N) is 3. The average Bonchev–Trinajstić information content (AvgIpc) is 3.31. The molecule has 1 heterocycles. The molecular formula is C26H23N3O4S. The minimum absolute atomic E-state index is 0.0500. The first kappa shape index (κ1) is 23.1. The van der Waals surface area contributed by atoms with E-state index in [1.54, 1.807) is 49.6 Å². The van der Waals surface area contributed by atoms with Gasteiger partial charge >= 0.3 is 5.97 Å². The predicted octanol–water partition coefficient (Wildman–Crippen LogP) is 4.73. The molecule has 4 rings (SSSR count). The van der Waals surface area contributed by atoms with E-state index in [4.69, 9.17) is 4.74 Å². The second kappa shape index (κ2) is 9.84. The summed E-state index contributed by atoms with van der Waals surface area (Å²) in [4.78, 5) is 28.2. The quantitative estimate of drug-likeness (QED) is 0.292. The maximum atomic E-state index is 13.7. The van der Waals surface area contributed by atoms with Gasteiger partial charge in [-0.1, -0.05) is 18.2 Å². The molecule has 172 valence electrons. The Balaban J connectivity index is 1.89. The Kier molecular flexibility index (Phi) is 6.70. The Bertz CT molecular complexity index is 1390. The number of rotatable bonds is 8. The number of methoxy groups -OCH3 is 1. The van der Waals surface area contributed by atoms with Gasteiger partial charge in [0.15, 0.2) is 5.78 Å². The van der Waals surface area contributed by atoms with Crippen LogP contribution >= 0.6 is 11.7 Å². The molecule has 8 heteroatoms. The van der Waals surface area contributed by atoms with Crippen LogP contribution in [0, 0.1) is 0 Å². The summed E-state index contributed by atoms with van der Waals surface area (Å²) >= 11 is 1.06. The lowest BCUT2D eigenvalue weighted by molar-refractivity contribution is -0.130. The molecule has 0 aliphatic carbocycles. The zero-order chi connectivity index (χ0) is 24.2. The van der Waals surface area contributed by atoms with Gasteiger partial charge in [0.05, 0.1) is 24.4 Å². The summed E-state index contributed by atoms with van der Waals surface area (Å²) in [7, 11) is 5.40. The van der Waals surface area contributed by atoms with Gasteiger partial charge in [0, 0.05) is 37.3 Å². The number of ether oxygens (including phenoxy) is 1. The third-order valence-corrected chi connectivity index (χ3v) is 6.05. The van der Waals surface area contributed by atoms with Crippen LogP contribution in [0.25, 0.3) is 16.6 Å². The number of ketones is 1. The number of hydrogen-bond acceptors (Lipinski definition) is 7. The van der Waals surface area contributed by atoms with E-state index in [2.05, 4.69) is 8.75 Å². The zero-order valence-electron chi connectivity index (χ0n) is 19.0. The fourth-order valence-corrected chi connectivity index (χ4v) is 4.23. The predicted molar refractivity (Wildman–Crippen MR) is 134 cm³/mol. The number of allylic oxidation sites excluding steroid dienone is 1. The van der Waals surface area contributed by atoms with Crippen LogP contribution in [0.15, 0.2) is 72.3 Å². The van der Waals surface area contributed by atoms with Gasteiger partial charge in [-0.3, -0.25) is 4.79 Å². The minimum atomic E-state index is -1.18. The van der Waals surface area contributed by atoms with Crippen molar-refractivity contribution >= 4 is 45.8 Å². The van der Waals surface area contributed by atoms with Crippen molar-refractivity contribution in [1.29, 1.82) is 0 Å². The molecule has 0 amide bonds. The van der Waals surface area contributed by atoms with Crippen LogP contribution in [0.1, 0.15) is 21.5 Å². The van der Waals surface area contributed by atoms with E-state index in [0.29, 0.717) is 27.9 Å². The number of carboxylic acid groups (broad SMARTS) is 1. The van der Waals surface area contributed by atoms with Crippen LogP contribution in [-0.2, 0) is 11.2 Å². The molecule has 3 aromatic carbocycles. The number of carboxylic acids is 1. The standard InChI is InChI=1S/C26H23N3O4S/c1-29(2)19-6-4-5-16(13-19)14-21(25(30)17-7-10-20(33-3)11-8-17)24(26(31)32)18-9-12-22-23(15-18)28-34-27-22/h4-13,15H,14H2,1-3H3,(H,31,32). The SMILES string of the molecule is COc1ccc(C(=O)C(Cc2cccc(N(C)C)c2)=C(C(=O)O)c2ccc3nsnc3c2)cc1. The van der Waals surface area contributed by atoms with Crippen LogP contribution in [0.4, 0.5) is 5.69 Å². The van der Waals surface area contributed by atoms with E-state index in [0.717, 1.165) is 23.0 Å². The number of benzene rings is 3. The van der Waals surface area contributed by atoms with Crippen molar-refractivity contribution in [1.82, 2.24) is 8.75 Å². The number of fused-ring (bicyclic) bond motifs is 1. The molecule has 1 aromatic heterocycles. The molecule has 0 unspecified atom stereocenters. The van der Waals surface area contributed by atoms with Crippen molar-refractivity contribution in [3.05, 3.63) is 89.0 Å². The Hall–Kier alpha value is -4.04. The van der Waals surface area contributed by atoms with Gasteiger partial charge in [-0.15, -0.1) is 0 Å². The highest BCUT2D eigenvalue weighted by Gasteiger charge is 2.24. The molecule has 0 aliphatic rings. The van der Waals surface area contributed by atoms with E-state index in [9.17, 15) is 14.7 Å². The normalized spacial score (nSPS) is 11.7. The first-order chi connectivity index (χ1) is 16.4. The molecule has 0 saturated heterocycles. The van der Waals surface area contributed by atoms with Crippen molar-refractivity contribution in [2.45, 2.75) is 6.42 Å². The number of carbonyl (C=O) groups is 2. The Morgan fingerprint density at radius 1 is 0.941 bits per heavy atom. The second-order valence-electron chi connectivity index (χ2n) is 7.93. The maximum Gasteiger partial charge on any atom is 0.336 e. The number of carbonyl (C=O) groups excluding carboxylic acids is 1. The Morgan fingerprint density at radius 2 is 1.65 bits per heavy atom. The fourth-order valence-electron chi connectivity index (χ4n) is 3.71. The average molecular weight is 474 g/mol. The van der Waals surface area contributed by atoms with E-state index < -0.39 is 5.97 Å². The fraction of sp³-hybridized carbons (Fsp3) is 0.154. The van der Waals surface area contributed by atoms with Crippen LogP contribution in [-0.4, -0.2) is 46.8 Å². The summed E-state index contributed by atoms with van der Waals surface area (Å²) in [5.41, 5.74) is 4.00. The zero-order valence-corrected chi connectivity index (χ0v) is 19.8. The summed E-state index contributed by atoms with van der Waals surface area (Å²) in [6, 6.07) is 19.4. The van der Waals surface area contributed by atoms with E-state index in [1.807, 2.05) is 43.3 Å². The molecule has 34 heavy (non-hydrogen) atoms. The highest BCUT2D eigenvalue weighted by atomic mass is 32.1. The van der Waals surface area contributed by atoms with Crippen molar-refractivity contribution in [3.63, 3.8) is 0 Å². The number of Topliss-reactive ketones (excluding diaryl/α,β-unsaturated/α-hetero) is 1. The van der Waals surface area contributed by atoms with E-state index in [1.165, 1.54) is 0 Å². The van der Waals surface area contributed by atoms with Crippen LogP contribution < -0.4 is 9.64 Å². The number of aromatic nitrogens is 2. The van der Waals surface area contributed by atoms with Gasteiger partial charge in [0.2, 0.25) is 0 Å². The molecule has 0 radical (unpaired) electrons. The molecule has 7 nitrogen and oxygen atoms in total. The lowest BCUT2D eigenvalue weighted by atomic mass is 9.89. The summed E-state index contributed by atoms with van der Waals surface area (Å²) in [5, 5.41) is 10.2. The minimum Gasteiger partial charge on any atom is -0.497 e. The Labute approximate surface area is 201 Å². The number of anilines is 1. The molecule has 0 aliphatic heterocycles. The highest BCUT2D eigenvalue weighted by Crippen LogP contribution is 2.29. The molecule has 4 aromatic rings. The van der Waals surface area contributed by atoms with Gasteiger partial charge in [-0.25, -0.2) is 4.79 Å². The van der Waals surface area contributed by atoms with Crippen molar-refractivity contribution in [2.75, 3.05) is 26.1 Å². The molecule has 0 fully saturated rings. The first-order valence-corrected chi connectivity index (χ1v) is 11.2. The lowest BCUT2D eigenvalue weighted by Gasteiger charge is -2.16. The summed E-state index contributed by atoms with van der Waals surface area (Å²) in [5.74, 6) is -0.921. The number of aliphatic carboxylic acids is 1. The summed E-state index contributed by atoms with van der Waals surface area (Å²) in [6.45, 7) is 0. The van der Waals surface area contributed by atoms with Crippen LogP contribution in [0.5, 0.6) is 5.75 Å². The van der Waals surface area contributed by atoms with E-state index in [-0.39, 0.29) is 23.4 Å². The van der Waals surface area contributed by atoms with Crippen molar-refractivity contribution in [3.8, 4) is 5.75 Å². The molecule has 1 N–H and O–H groups in total. The molecular weight excluding hydrogens is 450 g/mol. The van der Waals surface area contributed by atoms with Gasteiger partial charge in [-0.05, 0) is 59.7 Å². The largest absolute Gasteiger partial charge is 0.497 e. The van der Waals surface area contributed by atoms with Gasteiger partial charge < -0.3 is 14.7 Å². The Morgan fingerprint density at radius 3 is 2.32 bits per heavy atom. The molecule has 0 saturated carbocycles. The molecule has 0 spiro atoms. The van der Waals surface area contributed by atoms with Crippen molar-refractivity contribution in [2.24, 2.45) is 0 Å². The molecule has 0 atom stereocenters. The smallest absolute Gasteiger partial charge is 0.336 e. The van der Waals surface area contributed by atoms with Crippen molar-refractivity contribution < 1.29 is 19.4 Å². The summed E-state index contributed by atoms with van der Waals surface area (Å²) in [6.07, 6.45) is 0.154. The summed E-state index contributed by atoms with van der Waals surface area (Å²) < 4.78 is 13.6. The van der Waals surface area contributed by atoms with E-state index >= 15 is 0 Å². The van der Waals surface area contributed by atoms with Crippen LogP contribution in [0.3, 0.4) is 0 Å². The monoisotopic (exact) mass is 473 g/mol. The lowest BCUT2D eigenvalue weighted by Crippen LogP contribution is -2.14. The second-order valence-corrected chi connectivity index (χ2v) is 8.45. The van der Waals surface area contributed by atoms with Gasteiger partial charge in [-0.2, -0.15) is 8.75 Å². The molecule has 0 bridgehead atoms.